The fourth-order valence-electron chi connectivity index (χ4n) is 3.03. The molecule has 4 rings (SSSR count). The van der Waals surface area contributed by atoms with Gasteiger partial charge in [-0.05, 0) is 49.5 Å². The Morgan fingerprint density at radius 2 is 1.76 bits per heavy atom. The third kappa shape index (κ3) is 4.93. The maximum absolute atomic E-state index is 12.2. The number of fused-ring (bicyclic) bond motifs is 1. The van der Waals surface area contributed by atoms with Crippen LogP contribution in [-0.2, 0) is 4.79 Å². The molecule has 2 aromatic carbocycles. The number of carbonyl (C=O) groups is 1. The quantitative estimate of drug-likeness (QED) is 0.641. The van der Waals surface area contributed by atoms with Gasteiger partial charge in [-0.2, -0.15) is 0 Å². The normalized spacial score (nSPS) is 14.8. The van der Waals surface area contributed by atoms with Crippen LogP contribution in [0.15, 0.2) is 48.7 Å². The fourth-order valence-corrected chi connectivity index (χ4v) is 3.20. The van der Waals surface area contributed by atoms with Crippen molar-refractivity contribution in [2.45, 2.75) is 0 Å². The molecule has 8 heteroatoms. The Bertz CT molecular complexity index is 1000. The van der Waals surface area contributed by atoms with Crippen molar-refractivity contribution in [1.29, 1.82) is 0 Å². The Morgan fingerprint density at radius 1 is 1.03 bits per heavy atom. The lowest BCUT2D eigenvalue weighted by Gasteiger charge is -2.32. The van der Waals surface area contributed by atoms with E-state index >= 15 is 0 Å². The van der Waals surface area contributed by atoms with Gasteiger partial charge in [0.05, 0.1) is 17.2 Å². The van der Waals surface area contributed by atoms with Crippen LogP contribution in [0.2, 0.25) is 5.02 Å². The molecule has 1 fully saturated rings. The van der Waals surface area contributed by atoms with Crippen LogP contribution in [0.4, 0.5) is 0 Å². The smallest absolute Gasteiger partial charge is 0.260 e. The molecule has 150 valence electrons. The van der Waals surface area contributed by atoms with Crippen molar-refractivity contribution in [3.8, 4) is 17.4 Å². The number of hydrogen-bond acceptors (Lipinski definition) is 6. The molecule has 0 aliphatic carbocycles. The van der Waals surface area contributed by atoms with Crippen LogP contribution >= 0.6 is 11.6 Å². The summed E-state index contributed by atoms with van der Waals surface area (Å²) in [6.45, 7) is 3.29. The fraction of sp³-hybridized carbons (Fsp3) is 0.286. The van der Waals surface area contributed by atoms with E-state index in [-0.39, 0.29) is 12.5 Å². The van der Waals surface area contributed by atoms with Crippen molar-refractivity contribution in [2.24, 2.45) is 0 Å². The molecule has 0 radical (unpaired) electrons. The van der Waals surface area contributed by atoms with Crippen LogP contribution in [0.25, 0.3) is 11.0 Å². The summed E-state index contributed by atoms with van der Waals surface area (Å²) in [5, 5.41) is 0.613. The molecule has 1 saturated heterocycles. The number of carbonyl (C=O) groups excluding carboxylic acids is 1. The molecule has 0 bridgehead atoms. The Morgan fingerprint density at radius 3 is 2.52 bits per heavy atom. The third-order valence-electron chi connectivity index (χ3n) is 4.75. The minimum Gasteiger partial charge on any atom is -0.484 e. The largest absolute Gasteiger partial charge is 0.484 e. The summed E-state index contributed by atoms with van der Waals surface area (Å²) < 4.78 is 11.4. The highest BCUT2D eigenvalue weighted by Gasteiger charge is 2.19. The summed E-state index contributed by atoms with van der Waals surface area (Å²) in [4.78, 5) is 25.0. The second kappa shape index (κ2) is 8.63. The average Bonchev–Trinajstić information content (AvgIpc) is 2.73. The molecule has 7 nitrogen and oxygen atoms in total. The maximum atomic E-state index is 12.2. The van der Waals surface area contributed by atoms with Crippen LogP contribution < -0.4 is 9.47 Å². The van der Waals surface area contributed by atoms with Gasteiger partial charge in [0.15, 0.2) is 6.61 Å². The van der Waals surface area contributed by atoms with Gasteiger partial charge in [0.1, 0.15) is 11.5 Å². The molecule has 1 amide bonds. The molecule has 29 heavy (non-hydrogen) atoms. The molecule has 1 aliphatic rings. The second-order valence-corrected chi connectivity index (χ2v) is 7.32. The summed E-state index contributed by atoms with van der Waals surface area (Å²) in [6, 6.07) is 12.4. The second-order valence-electron chi connectivity index (χ2n) is 6.89. The first-order valence-corrected chi connectivity index (χ1v) is 9.74. The van der Waals surface area contributed by atoms with E-state index in [0.29, 0.717) is 33.4 Å². The molecule has 0 spiro atoms. The number of ether oxygens (including phenoxy) is 2. The highest BCUT2D eigenvalue weighted by molar-refractivity contribution is 6.31. The number of likely N-dealkylation sites (N-methyl/N-ethyl adjacent to an activating group) is 1. The predicted octanol–water partition coefficient (Wildman–Crippen LogP) is 3.23. The van der Waals surface area contributed by atoms with E-state index in [1.165, 1.54) is 0 Å². The Labute approximate surface area is 173 Å². The van der Waals surface area contributed by atoms with Crippen molar-refractivity contribution in [1.82, 2.24) is 19.8 Å². The number of piperazine rings is 1. The monoisotopic (exact) mass is 412 g/mol. The molecule has 1 aliphatic heterocycles. The van der Waals surface area contributed by atoms with Crippen LogP contribution in [0, 0.1) is 0 Å². The maximum Gasteiger partial charge on any atom is 0.260 e. The summed E-state index contributed by atoms with van der Waals surface area (Å²) in [5.41, 5.74) is 1.41. The predicted molar refractivity (Wildman–Crippen MR) is 111 cm³/mol. The zero-order valence-corrected chi connectivity index (χ0v) is 16.8. The highest BCUT2D eigenvalue weighted by Crippen LogP contribution is 2.24. The van der Waals surface area contributed by atoms with Gasteiger partial charge in [-0.3, -0.25) is 4.79 Å². The van der Waals surface area contributed by atoms with Crippen LogP contribution in [0.1, 0.15) is 0 Å². The van der Waals surface area contributed by atoms with Gasteiger partial charge in [-0.15, -0.1) is 0 Å². The average molecular weight is 413 g/mol. The van der Waals surface area contributed by atoms with E-state index in [2.05, 4.69) is 21.9 Å². The van der Waals surface area contributed by atoms with Crippen LogP contribution in [0.5, 0.6) is 17.4 Å². The minimum absolute atomic E-state index is 0.00460. The van der Waals surface area contributed by atoms with Gasteiger partial charge >= 0.3 is 0 Å². The van der Waals surface area contributed by atoms with E-state index in [4.69, 9.17) is 21.1 Å². The van der Waals surface area contributed by atoms with Gasteiger partial charge in [0.2, 0.25) is 5.88 Å². The molecule has 0 unspecified atom stereocenters. The zero-order valence-electron chi connectivity index (χ0n) is 16.0. The van der Waals surface area contributed by atoms with Crippen molar-refractivity contribution in [2.75, 3.05) is 39.8 Å². The van der Waals surface area contributed by atoms with Crippen molar-refractivity contribution < 1.29 is 14.3 Å². The number of nitrogens with zero attached hydrogens (tertiary/aromatic N) is 4. The van der Waals surface area contributed by atoms with Gasteiger partial charge in [-0.1, -0.05) is 11.6 Å². The number of rotatable bonds is 5. The van der Waals surface area contributed by atoms with E-state index in [9.17, 15) is 4.79 Å². The third-order valence-corrected chi connectivity index (χ3v) is 4.98. The zero-order chi connectivity index (χ0) is 20.2. The minimum atomic E-state index is 0.00460. The summed E-state index contributed by atoms with van der Waals surface area (Å²) in [5.74, 6) is 1.60. The highest BCUT2D eigenvalue weighted by atomic mass is 35.5. The molecule has 0 atom stereocenters. The topological polar surface area (TPSA) is 67.8 Å². The van der Waals surface area contributed by atoms with Crippen LogP contribution in [0.3, 0.4) is 0 Å². The summed E-state index contributed by atoms with van der Waals surface area (Å²) in [7, 11) is 2.06. The van der Waals surface area contributed by atoms with Gasteiger partial charge in [-0.25, -0.2) is 9.97 Å². The first kappa shape index (κ1) is 19.4. The first-order valence-electron chi connectivity index (χ1n) is 9.36. The number of amides is 1. The van der Waals surface area contributed by atoms with E-state index in [0.717, 1.165) is 26.2 Å². The van der Waals surface area contributed by atoms with Gasteiger partial charge in [0.25, 0.3) is 5.91 Å². The molecular formula is C21H21ClN4O3. The van der Waals surface area contributed by atoms with Crippen molar-refractivity contribution in [3.05, 3.63) is 53.7 Å². The number of benzene rings is 2. The van der Waals surface area contributed by atoms with Gasteiger partial charge < -0.3 is 19.3 Å². The van der Waals surface area contributed by atoms with Crippen molar-refractivity contribution in [3.63, 3.8) is 0 Å². The molecule has 0 N–H and O–H groups in total. The molecule has 1 aromatic heterocycles. The van der Waals surface area contributed by atoms with Crippen LogP contribution in [-0.4, -0.2) is 65.5 Å². The number of aromatic nitrogens is 2. The first-order chi connectivity index (χ1) is 14.1. The Kier molecular flexibility index (Phi) is 5.78. The van der Waals surface area contributed by atoms with Crippen molar-refractivity contribution >= 4 is 28.5 Å². The Balaban J connectivity index is 1.33. The van der Waals surface area contributed by atoms with Gasteiger partial charge in [0, 0.05) is 31.2 Å². The number of halogens is 1. The standard InChI is InChI=1S/C21H21ClN4O3/c1-25-8-10-26(11-9-25)21(27)14-28-16-3-5-17(6-4-16)29-20-13-23-19-12-15(22)2-7-18(19)24-20/h2-7,12-13H,8-11,14H2,1H3. The van der Waals surface area contributed by atoms with E-state index in [1.807, 2.05) is 4.90 Å². The molecule has 3 aromatic rings. The Hall–Kier alpha value is -2.90. The van der Waals surface area contributed by atoms with E-state index in [1.54, 1.807) is 48.7 Å². The lowest BCUT2D eigenvalue weighted by Crippen LogP contribution is -2.48. The SMILES string of the molecule is CN1CCN(C(=O)COc2ccc(Oc3cnc4cc(Cl)ccc4n3)cc2)CC1. The lowest BCUT2D eigenvalue weighted by molar-refractivity contribution is -0.134. The lowest BCUT2D eigenvalue weighted by atomic mass is 10.3. The summed E-state index contributed by atoms with van der Waals surface area (Å²) in [6.07, 6.45) is 1.55. The number of hydrogen-bond donors (Lipinski definition) is 0. The molecule has 2 heterocycles. The molecule has 0 saturated carbocycles. The van der Waals surface area contributed by atoms with E-state index < -0.39 is 0 Å². The molecular weight excluding hydrogens is 392 g/mol. The summed E-state index contributed by atoms with van der Waals surface area (Å²) >= 11 is 5.96.